The van der Waals surface area contributed by atoms with Crippen LogP contribution >= 0.6 is 0 Å². The summed E-state index contributed by atoms with van der Waals surface area (Å²) in [5.74, 6) is -0.0596. The van der Waals surface area contributed by atoms with E-state index in [0.717, 1.165) is 0 Å². The minimum Gasteiger partial charge on any atom is -0.507 e. The van der Waals surface area contributed by atoms with Gasteiger partial charge >= 0.3 is 0 Å². The number of rotatable bonds is 9. The Morgan fingerprint density at radius 1 is 0.838 bits per heavy atom. The fourth-order valence-electron chi connectivity index (χ4n) is 4.39. The average Bonchev–Trinajstić information content (AvgIpc) is 3.18. The zero-order chi connectivity index (χ0) is 26.5. The van der Waals surface area contributed by atoms with Gasteiger partial charge in [0.2, 0.25) is 0 Å². The Balaban J connectivity index is 1.97. The van der Waals surface area contributed by atoms with Crippen molar-refractivity contribution in [2.75, 3.05) is 32.3 Å². The Kier molecular flexibility index (Phi) is 7.67. The maximum Gasteiger partial charge on any atom is 0.300 e. The molecule has 8 heteroatoms. The Hall–Kier alpha value is -4.46. The van der Waals surface area contributed by atoms with Crippen LogP contribution in [0.25, 0.3) is 5.76 Å². The van der Waals surface area contributed by atoms with Gasteiger partial charge in [-0.15, -0.1) is 0 Å². The zero-order valence-corrected chi connectivity index (χ0v) is 21.2. The number of aliphatic hydroxyl groups excluding tert-OH is 1. The fourth-order valence-corrected chi connectivity index (χ4v) is 4.39. The molecule has 8 nitrogen and oxygen atoms in total. The van der Waals surface area contributed by atoms with E-state index in [1.165, 1.54) is 19.1 Å². The van der Waals surface area contributed by atoms with E-state index in [0.29, 0.717) is 47.5 Å². The highest BCUT2D eigenvalue weighted by Crippen LogP contribution is 2.44. The standard InChI is InChI=1S/C29H29NO7/c1-5-36-21-11-7-9-18(15-21)26-25(27(31)23-17-20(34-3)13-14-24(23)35-4)28(32)29(33)30(26)19-10-8-12-22(16-19)37-6-2/h7-17,26,31H,5-6H2,1-4H3/b27-25+. The third-order valence-corrected chi connectivity index (χ3v) is 6.00. The van der Waals surface area contributed by atoms with Crippen molar-refractivity contribution in [1.29, 1.82) is 0 Å². The fraction of sp³-hybridized carbons (Fsp3) is 0.241. The molecule has 0 bridgehead atoms. The van der Waals surface area contributed by atoms with Crippen molar-refractivity contribution < 1.29 is 33.6 Å². The molecular weight excluding hydrogens is 474 g/mol. The van der Waals surface area contributed by atoms with Gasteiger partial charge in [0.1, 0.15) is 28.8 Å². The number of ketones is 1. The van der Waals surface area contributed by atoms with Crippen molar-refractivity contribution in [2.24, 2.45) is 0 Å². The predicted octanol–water partition coefficient (Wildman–Crippen LogP) is 5.13. The van der Waals surface area contributed by atoms with Crippen LogP contribution in [0.4, 0.5) is 5.69 Å². The molecule has 1 aliphatic rings. The van der Waals surface area contributed by atoms with Gasteiger partial charge in [-0.25, -0.2) is 0 Å². The van der Waals surface area contributed by atoms with Gasteiger partial charge in [0.15, 0.2) is 0 Å². The van der Waals surface area contributed by atoms with Crippen molar-refractivity contribution in [3.8, 4) is 23.0 Å². The smallest absolute Gasteiger partial charge is 0.300 e. The number of hydrogen-bond donors (Lipinski definition) is 1. The van der Waals surface area contributed by atoms with Crippen LogP contribution in [0.2, 0.25) is 0 Å². The quantitative estimate of drug-likeness (QED) is 0.246. The van der Waals surface area contributed by atoms with Crippen molar-refractivity contribution in [3.05, 3.63) is 83.4 Å². The highest BCUT2D eigenvalue weighted by atomic mass is 16.5. The summed E-state index contributed by atoms with van der Waals surface area (Å²) in [6.07, 6.45) is 0. The molecular formula is C29H29NO7. The van der Waals surface area contributed by atoms with Crippen LogP contribution in [0, 0.1) is 0 Å². The minimum absolute atomic E-state index is 0.0768. The molecule has 3 aromatic rings. The first-order valence-electron chi connectivity index (χ1n) is 11.9. The van der Waals surface area contributed by atoms with Gasteiger partial charge in [0.05, 0.1) is 44.6 Å². The minimum atomic E-state index is -0.937. The molecule has 1 heterocycles. The molecule has 1 saturated heterocycles. The molecule has 1 atom stereocenters. The number of aliphatic hydroxyl groups is 1. The van der Waals surface area contributed by atoms with Crippen LogP contribution in [0.15, 0.2) is 72.3 Å². The predicted molar refractivity (Wildman–Crippen MR) is 140 cm³/mol. The lowest BCUT2D eigenvalue weighted by atomic mass is 9.94. The molecule has 0 aromatic heterocycles. The summed E-state index contributed by atoms with van der Waals surface area (Å²) < 4.78 is 22.1. The SMILES string of the molecule is CCOc1cccc(C2/C(=C(\O)c3cc(OC)ccc3OC)C(=O)C(=O)N2c2cccc(OCC)c2)c1. The van der Waals surface area contributed by atoms with E-state index in [-0.39, 0.29) is 16.9 Å². The Morgan fingerprint density at radius 2 is 1.51 bits per heavy atom. The van der Waals surface area contributed by atoms with E-state index >= 15 is 0 Å². The van der Waals surface area contributed by atoms with Crippen LogP contribution in [0.5, 0.6) is 23.0 Å². The number of anilines is 1. The van der Waals surface area contributed by atoms with Crippen LogP contribution in [-0.2, 0) is 9.59 Å². The van der Waals surface area contributed by atoms with Gasteiger partial charge in [-0.3, -0.25) is 14.5 Å². The van der Waals surface area contributed by atoms with Crippen LogP contribution in [0.1, 0.15) is 31.0 Å². The maximum absolute atomic E-state index is 13.5. The van der Waals surface area contributed by atoms with Crippen LogP contribution in [-0.4, -0.2) is 44.2 Å². The van der Waals surface area contributed by atoms with E-state index in [9.17, 15) is 14.7 Å². The van der Waals surface area contributed by atoms with Crippen molar-refractivity contribution in [1.82, 2.24) is 0 Å². The monoisotopic (exact) mass is 503 g/mol. The normalized spacial score (nSPS) is 16.5. The topological polar surface area (TPSA) is 94.5 Å². The number of benzene rings is 3. The lowest BCUT2D eigenvalue weighted by Crippen LogP contribution is -2.29. The number of carbonyl (C=O) groups is 2. The molecule has 3 aromatic carbocycles. The highest BCUT2D eigenvalue weighted by molar-refractivity contribution is 6.51. The highest BCUT2D eigenvalue weighted by Gasteiger charge is 2.47. The number of nitrogens with zero attached hydrogens (tertiary/aromatic N) is 1. The molecule has 0 spiro atoms. The second-order valence-electron chi connectivity index (χ2n) is 8.17. The Morgan fingerprint density at radius 3 is 2.16 bits per heavy atom. The van der Waals surface area contributed by atoms with Crippen LogP contribution in [0.3, 0.4) is 0 Å². The summed E-state index contributed by atoms with van der Waals surface area (Å²) in [5.41, 5.74) is 1.20. The molecule has 37 heavy (non-hydrogen) atoms. The van der Waals surface area contributed by atoms with E-state index < -0.39 is 17.7 Å². The summed E-state index contributed by atoms with van der Waals surface area (Å²) in [7, 11) is 2.95. The lowest BCUT2D eigenvalue weighted by molar-refractivity contribution is -0.132. The number of amides is 1. The molecule has 1 aliphatic heterocycles. The first-order valence-corrected chi connectivity index (χ1v) is 11.9. The molecule has 0 radical (unpaired) electrons. The molecule has 1 amide bonds. The lowest BCUT2D eigenvalue weighted by Gasteiger charge is -2.26. The summed E-state index contributed by atoms with van der Waals surface area (Å²) in [6, 6.07) is 18.0. The van der Waals surface area contributed by atoms with Gasteiger partial charge in [-0.05, 0) is 61.9 Å². The first-order chi connectivity index (χ1) is 17.9. The molecule has 1 fully saturated rings. The van der Waals surface area contributed by atoms with Gasteiger partial charge in [-0.2, -0.15) is 0 Å². The number of methoxy groups -OCH3 is 2. The molecule has 0 saturated carbocycles. The van der Waals surface area contributed by atoms with Gasteiger partial charge in [0, 0.05) is 11.8 Å². The van der Waals surface area contributed by atoms with E-state index in [4.69, 9.17) is 18.9 Å². The number of Topliss-reactive ketones (excluding diaryl/α,β-unsaturated/α-hetero) is 1. The maximum atomic E-state index is 13.5. The summed E-state index contributed by atoms with van der Waals surface area (Å²) >= 11 is 0. The van der Waals surface area contributed by atoms with Crippen molar-refractivity contribution >= 4 is 23.1 Å². The third-order valence-electron chi connectivity index (χ3n) is 6.00. The van der Waals surface area contributed by atoms with E-state index in [1.54, 1.807) is 66.7 Å². The summed E-state index contributed by atoms with van der Waals surface area (Å²) in [6.45, 7) is 4.62. The Labute approximate surface area is 215 Å². The van der Waals surface area contributed by atoms with Crippen molar-refractivity contribution in [3.63, 3.8) is 0 Å². The molecule has 1 N–H and O–H groups in total. The number of hydrogen-bond acceptors (Lipinski definition) is 7. The molecule has 192 valence electrons. The number of ether oxygens (including phenoxy) is 4. The van der Waals surface area contributed by atoms with Crippen molar-refractivity contribution in [2.45, 2.75) is 19.9 Å². The van der Waals surface area contributed by atoms with Gasteiger partial charge < -0.3 is 24.1 Å². The average molecular weight is 504 g/mol. The van der Waals surface area contributed by atoms with Crippen LogP contribution < -0.4 is 23.8 Å². The molecule has 4 rings (SSSR count). The second-order valence-corrected chi connectivity index (χ2v) is 8.17. The molecule has 1 unspecified atom stereocenters. The largest absolute Gasteiger partial charge is 0.507 e. The molecule has 0 aliphatic carbocycles. The summed E-state index contributed by atoms with van der Waals surface area (Å²) in [5, 5.41) is 11.5. The third kappa shape index (κ3) is 4.95. The first kappa shape index (κ1) is 25.6. The number of carbonyl (C=O) groups excluding carboxylic acids is 2. The van der Waals surface area contributed by atoms with E-state index in [2.05, 4.69) is 0 Å². The van der Waals surface area contributed by atoms with E-state index in [1.807, 2.05) is 13.8 Å². The second kappa shape index (κ2) is 11.1. The van der Waals surface area contributed by atoms with Gasteiger partial charge in [-0.1, -0.05) is 18.2 Å². The summed E-state index contributed by atoms with van der Waals surface area (Å²) in [4.78, 5) is 28.4. The Bertz CT molecular complexity index is 1350. The van der Waals surface area contributed by atoms with Gasteiger partial charge in [0.25, 0.3) is 11.7 Å². The zero-order valence-electron chi connectivity index (χ0n) is 21.2.